The van der Waals surface area contributed by atoms with Gasteiger partial charge in [0.15, 0.2) is 0 Å². The van der Waals surface area contributed by atoms with Crippen LogP contribution in [-0.2, 0) is 0 Å². The van der Waals surface area contributed by atoms with E-state index in [1.807, 2.05) is 0 Å². The molecule has 0 amide bonds. The second-order valence-corrected chi connectivity index (χ2v) is 4.45. The Kier molecular flexibility index (Phi) is 2.37. The Morgan fingerprint density at radius 3 is 1.50 bits per heavy atom. The van der Waals surface area contributed by atoms with Crippen molar-refractivity contribution in [1.82, 2.24) is 0 Å². The molecule has 0 heterocycles. The number of rotatable bonds is 0. The van der Waals surface area contributed by atoms with Gasteiger partial charge in [0.1, 0.15) is 0 Å². The van der Waals surface area contributed by atoms with E-state index < -0.39 is 0 Å². The van der Waals surface area contributed by atoms with Crippen molar-refractivity contribution in [1.29, 1.82) is 0 Å². The maximum Gasteiger partial charge on any atom is 0.0543 e. The fourth-order valence-corrected chi connectivity index (χ4v) is 2.84. The molecule has 2 aliphatic rings. The largest absolute Gasteiger partial charge is 0.393 e. The molecule has 0 spiro atoms. The van der Waals surface area contributed by atoms with E-state index in [0.717, 1.165) is 38.5 Å². The highest BCUT2D eigenvalue weighted by Gasteiger charge is 2.34. The molecule has 2 rings (SSSR count). The van der Waals surface area contributed by atoms with Crippen LogP contribution in [0.1, 0.15) is 38.5 Å². The van der Waals surface area contributed by atoms with Gasteiger partial charge in [0.2, 0.25) is 0 Å². The zero-order valence-electron chi connectivity index (χ0n) is 7.45. The topological polar surface area (TPSA) is 40.5 Å². The predicted molar refractivity (Wildman–Crippen MR) is 46.7 cm³/mol. The van der Waals surface area contributed by atoms with Gasteiger partial charge in [-0.05, 0) is 50.4 Å². The molecule has 12 heavy (non-hydrogen) atoms. The van der Waals surface area contributed by atoms with Gasteiger partial charge in [-0.15, -0.1) is 0 Å². The van der Waals surface area contributed by atoms with Crippen molar-refractivity contribution in [3.8, 4) is 0 Å². The van der Waals surface area contributed by atoms with E-state index in [2.05, 4.69) is 0 Å². The van der Waals surface area contributed by atoms with Crippen molar-refractivity contribution in [2.75, 3.05) is 0 Å². The summed E-state index contributed by atoms with van der Waals surface area (Å²) in [7, 11) is 0. The van der Waals surface area contributed by atoms with Gasteiger partial charge in [-0.2, -0.15) is 0 Å². The molecule has 0 aliphatic heterocycles. The molecule has 2 heteroatoms. The van der Waals surface area contributed by atoms with Crippen LogP contribution >= 0.6 is 0 Å². The third kappa shape index (κ3) is 1.64. The fraction of sp³-hybridized carbons (Fsp3) is 1.00. The van der Waals surface area contributed by atoms with Crippen LogP contribution in [0.15, 0.2) is 0 Å². The van der Waals surface area contributed by atoms with Gasteiger partial charge in [0, 0.05) is 0 Å². The quantitative estimate of drug-likeness (QED) is 0.575. The molecule has 0 bridgehead atoms. The summed E-state index contributed by atoms with van der Waals surface area (Å²) >= 11 is 0. The average Bonchev–Trinajstić information content (AvgIpc) is 2.05. The van der Waals surface area contributed by atoms with Gasteiger partial charge in [-0.25, -0.2) is 0 Å². The van der Waals surface area contributed by atoms with Gasteiger partial charge in [0.25, 0.3) is 0 Å². The SMILES string of the molecule is O[C@H]1CCC2C[C@@H](O)CCC2C1. The third-order valence-electron chi connectivity index (χ3n) is 3.56. The molecule has 0 saturated heterocycles. The lowest BCUT2D eigenvalue weighted by molar-refractivity contribution is 0.00480. The van der Waals surface area contributed by atoms with Crippen molar-refractivity contribution >= 4 is 0 Å². The molecule has 2 saturated carbocycles. The molecular formula is C10H18O2. The van der Waals surface area contributed by atoms with E-state index >= 15 is 0 Å². The van der Waals surface area contributed by atoms with Gasteiger partial charge >= 0.3 is 0 Å². The summed E-state index contributed by atoms with van der Waals surface area (Å²) < 4.78 is 0. The zero-order chi connectivity index (χ0) is 8.55. The number of hydrogen-bond acceptors (Lipinski definition) is 2. The lowest BCUT2D eigenvalue weighted by atomic mass is 9.69. The molecule has 0 aromatic rings. The van der Waals surface area contributed by atoms with Gasteiger partial charge in [-0.1, -0.05) is 0 Å². The number of aliphatic hydroxyl groups is 2. The van der Waals surface area contributed by atoms with Crippen molar-refractivity contribution in [2.24, 2.45) is 11.8 Å². The van der Waals surface area contributed by atoms with Crippen LogP contribution in [-0.4, -0.2) is 22.4 Å². The zero-order valence-corrected chi connectivity index (χ0v) is 7.45. The standard InChI is InChI=1S/C10H18O2/c11-9-3-1-7-5-10(12)4-2-8(7)6-9/h7-12H,1-6H2/t7?,8?,9-,10-/m0/s1. The molecule has 0 aromatic heterocycles. The van der Waals surface area contributed by atoms with Crippen LogP contribution < -0.4 is 0 Å². The molecule has 2 N–H and O–H groups in total. The van der Waals surface area contributed by atoms with Gasteiger partial charge < -0.3 is 10.2 Å². The first-order chi connectivity index (χ1) is 5.75. The highest BCUT2D eigenvalue weighted by Crippen LogP contribution is 2.40. The second-order valence-electron chi connectivity index (χ2n) is 4.45. The van der Waals surface area contributed by atoms with E-state index in [4.69, 9.17) is 0 Å². The molecule has 4 atom stereocenters. The highest BCUT2D eigenvalue weighted by molar-refractivity contribution is 4.85. The Labute approximate surface area is 73.6 Å². The lowest BCUT2D eigenvalue weighted by Gasteiger charge is -2.39. The summed E-state index contributed by atoms with van der Waals surface area (Å²) in [5.74, 6) is 1.41. The molecule has 2 unspecified atom stereocenters. The van der Waals surface area contributed by atoms with Gasteiger partial charge in [-0.3, -0.25) is 0 Å². The summed E-state index contributed by atoms with van der Waals surface area (Å²) in [6.45, 7) is 0. The van der Waals surface area contributed by atoms with Crippen molar-refractivity contribution < 1.29 is 10.2 Å². The third-order valence-corrected chi connectivity index (χ3v) is 3.56. The van der Waals surface area contributed by atoms with E-state index in [1.165, 1.54) is 0 Å². The van der Waals surface area contributed by atoms with Crippen LogP contribution in [0.3, 0.4) is 0 Å². The van der Waals surface area contributed by atoms with Crippen LogP contribution in [0.5, 0.6) is 0 Å². The monoisotopic (exact) mass is 170 g/mol. The van der Waals surface area contributed by atoms with Crippen molar-refractivity contribution in [2.45, 2.75) is 50.7 Å². The maximum absolute atomic E-state index is 9.45. The minimum absolute atomic E-state index is 0.0542. The summed E-state index contributed by atoms with van der Waals surface area (Å²) in [5, 5.41) is 18.9. The smallest absolute Gasteiger partial charge is 0.0543 e. The first kappa shape index (κ1) is 8.52. The second kappa shape index (κ2) is 3.35. The molecule has 70 valence electrons. The summed E-state index contributed by atoms with van der Waals surface area (Å²) in [6.07, 6.45) is 6.02. The summed E-state index contributed by atoms with van der Waals surface area (Å²) in [5.41, 5.74) is 0. The highest BCUT2D eigenvalue weighted by atomic mass is 16.3. The average molecular weight is 170 g/mol. The molecular weight excluding hydrogens is 152 g/mol. The Bertz CT molecular complexity index is 140. The molecule has 2 fully saturated rings. The minimum Gasteiger partial charge on any atom is -0.393 e. The normalized spacial score (nSPS) is 48.5. The fourth-order valence-electron chi connectivity index (χ4n) is 2.84. The van der Waals surface area contributed by atoms with Crippen LogP contribution in [0.25, 0.3) is 0 Å². The maximum atomic E-state index is 9.45. The summed E-state index contributed by atoms with van der Waals surface area (Å²) in [6, 6.07) is 0. The van der Waals surface area contributed by atoms with Gasteiger partial charge in [0.05, 0.1) is 12.2 Å². The first-order valence-electron chi connectivity index (χ1n) is 5.12. The van der Waals surface area contributed by atoms with E-state index in [1.54, 1.807) is 0 Å². The Morgan fingerprint density at radius 1 is 0.667 bits per heavy atom. The van der Waals surface area contributed by atoms with Crippen LogP contribution in [0, 0.1) is 11.8 Å². The van der Waals surface area contributed by atoms with Crippen molar-refractivity contribution in [3.63, 3.8) is 0 Å². The number of hydrogen-bond donors (Lipinski definition) is 2. The first-order valence-corrected chi connectivity index (χ1v) is 5.12. The van der Waals surface area contributed by atoms with Crippen molar-refractivity contribution in [3.05, 3.63) is 0 Å². The molecule has 0 radical (unpaired) electrons. The molecule has 0 aromatic carbocycles. The lowest BCUT2D eigenvalue weighted by Crippen LogP contribution is -2.34. The van der Waals surface area contributed by atoms with E-state index in [0.29, 0.717) is 11.8 Å². The number of aliphatic hydroxyl groups excluding tert-OH is 2. The Balaban J connectivity index is 1.94. The Morgan fingerprint density at radius 2 is 1.08 bits per heavy atom. The van der Waals surface area contributed by atoms with E-state index in [9.17, 15) is 10.2 Å². The summed E-state index contributed by atoms with van der Waals surface area (Å²) in [4.78, 5) is 0. The predicted octanol–water partition coefficient (Wildman–Crippen LogP) is 1.31. The minimum atomic E-state index is -0.0542. The van der Waals surface area contributed by atoms with Crippen LogP contribution in [0.2, 0.25) is 0 Å². The molecule has 2 aliphatic carbocycles. The van der Waals surface area contributed by atoms with E-state index in [-0.39, 0.29) is 12.2 Å². The van der Waals surface area contributed by atoms with Crippen LogP contribution in [0.4, 0.5) is 0 Å². The Hall–Kier alpha value is -0.0800. The molecule has 2 nitrogen and oxygen atoms in total. The number of fused-ring (bicyclic) bond motifs is 1.